The molecule has 0 aromatic carbocycles. The van der Waals surface area contributed by atoms with Crippen LogP contribution in [0, 0.1) is 5.92 Å². The largest absolute Gasteiger partial charge is 0.444 e. The fraction of sp³-hybridized carbons (Fsp3) is 0.941. The van der Waals surface area contributed by atoms with E-state index in [1.54, 1.807) is 0 Å². The highest BCUT2D eigenvalue weighted by atomic mass is 16.6. The summed E-state index contributed by atoms with van der Waals surface area (Å²) < 4.78 is 11.3. The SMILES string of the molecule is CC(C)(C)OC(=O)N1C2COCC1CN(CC1CCNCC1)C2. The Kier molecular flexibility index (Phi) is 5.13. The van der Waals surface area contributed by atoms with Crippen molar-refractivity contribution in [3.05, 3.63) is 0 Å². The van der Waals surface area contributed by atoms with Crippen LogP contribution in [0.1, 0.15) is 33.6 Å². The molecule has 3 saturated heterocycles. The zero-order chi connectivity index (χ0) is 16.4. The van der Waals surface area contributed by atoms with E-state index in [1.165, 1.54) is 12.8 Å². The lowest BCUT2D eigenvalue weighted by Gasteiger charge is -2.50. The third-order valence-electron chi connectivity index (χ3n) is 4.92. The van der Waals surface area contributed by atoms with Crippen molar-refractivity contribution < 1.29 is 14.3 Å². The molecule has 3 aliphatic rings. The van der Waals surface area contributed by atoms with Gasteiger partial charge in [-0.25, -0.2) is 4.79 Å². The van der Waals surface area contributed by atoms with Gasteiger partial charge in [0.25, 0.3) is 0 Å². The smallest absolute Gasteiger partial charge is 0.411 e. The number of carbonyl (C=O) groups is 1. The highest BCUT2D eigenvalue weighted by molar-refractivity contribution is 5.69. The molecule has 1 N–H and O–H groups in total. The summed E-state index contributed by atoms with van der Waals surface area (Å²) in [5, 5.41) is 3.43. The lowest BCUT2D eigenvalue weighted by molar-refractivity contribution is -0.0996. The van der Waals surface area contributed by atoms with Crippen molar-refractivity contribution >= 4 is 6.09 Å². The van der Waals surface area contributed by atoms with Crippen molar-refractivity contribution in [2.24, 2.45) is 5.92 Å². The average molecular weight is 325 g/mol. The van der Waals surface area contributed by atoms with Gasteiger partial charge in [0.2, 0.25) is 0 Å². The predicted molar refractivity (Wildman–Crippen MR) is 88.5 cm³/mol. The number of ether oxygens (including phenoxy) is 2. The maximum Gasteiger partial charge on any atom is 0.411 e. The molecule has 3 aliphatic heterocycles. The van der Waals surface area contributed by atoms with Gasteiger partial charge in [0.15, 0.2) is 0 Å². The van der Waals surface area contributed by atoms with Crippen LogP contribution in [0.2, 0.25) is 0 Å². The first kappa shape index (κ1) is 17.0. The summed E-state index contributed by atoms with van der Waals surface area (Å²) in [4.78, 5) is 17.0. The van der Waals surface area contributed by atoms with E-state index < -0.39 is 5.60 Å². The third-order valence-corrected chi connectivity index (χ3v) is 4.92. The molecule has 0 radical (unpaired) electrons. The summed E-state index contributed by atoms with van der Waals surface area (Å²) in [6, 6.07) is 0.248. The summed E-state index contributed by atoms with van der Waals surface area (Å²) in [5.41, 5.74) is -0.446. The van der Waals surface area contributed by atoms with Crippen molar-refractivity contribution in [2.75, 3.05) is 45.9 Å². The van der Waals surface area contributed by atoms with Crippen LogP contribution >= 0.6 is 0 Å². The lowest BCUT2D eigenvalue weighted by atomic mass is 9.95. The van der Waals surface area contributed by atoms with Crippen molar-refractivity contribution in [2.45, 2.75) is 51.3 Å². The maximum atomic E-state index is 12.5. The normalized spacial score (nSPS) is 30.3. The van der Waals surface area contributed by atoms with Crippen molar-refractivity contribution in [3.63, 3.8) is 0 Å². The fourth-order valence-corrected chi connectivity index (χ4v) is 3.94. The molecule has 23 heavy (non-hydrogen) atoms. The van der Waals surface area contributed by atoms with E-state index in [9.17, 15) is 4.79 Å². The minimum atomic E-state index is -0.446. The molecule has 3 rings (SSSR count). The lowest BCUT2D eigenvalue weighted by Crippen LogP contribution is -2.67. The second-order valence-electron chi connectivity index (χ2n) is 8.14. The molecule has 6 nitrogen and oxygen atoms in total. The van der Waals surface area contributed by atoms with E-state index >= 15 is 0 Å². The molecule has 0 aromatic heterocycles. The standard InChI is InChI=1S/C17H31N3O3/c1-17(2,3)23-16(21)20-14-9-19(10-15(20)12-22-11-14)8-13-4-6-18-7-5-13/h13-15,18H,4-12H2,1-3H3. The average Bonchev–Trinajstić information content (AvgIpc) is 2.45. The van der Waals surface area contributed by atoms with E-state index in [0.29, 0.717) is 13.2 Å². The van der Waals surface area contributed by atoms with E-state index in [0.717, 1.165) is 38.6 Å². The Hall–Kier alpha value is -0.850. The monoisotopic (exact) mass is 325 g/mol. The molecule has 132 valence electrons. The van der Waals surface area contributed by atoms with Crippen molar-refractivity contribution in [3.8, 4) is 0 Å². The second kappa shape index (κ2) is 6.95. The van der Waals surface area contributed by atoms with E-state index in [1.807, 2.05) is 25.7 Å². The Morgan fingerprint density at radius 1 is 1.17 bits per heavy atom. The first-order chi connectivity index (χ1) is 10.9. The molecular weight excluding hydrogens is 294 g/mol. The maximum absolute atomic E-state index is 12.5. The van der Waals surface area contributed by atoms with E-state index in [2.05, 4.69) is 10.2 Å². The van der Waals surface area contributed by atoms with Crippen molar-refractivity contribution in [1.29, 1.82) is 0 Å². The van der Waals surface area contributed by atoms with Crippen LogP contribution in [0.5, 0.6) is 0 Å². The minimum Gasteiger partial charge on any atom is -0.444 e. The zero-order valence-corrected chi connectivity index (χ0v) is 14.7. The van der Waals surface area contributed by atoms with Crippen LogP contribution in [0.25, 0.3) is 0 Å². The van der Waals surface area contributed by atoms with Gasteiger partial charge < -0.3 is 14.8 Å². The van der Waals surface area contributed by atoms with Gasteiger partial charge in [-0.05, 0) is 52.6 Å². The van der Waals surface area contributed by atoms with Gasteiger partial charge in [-0.15, -0.1) is 0 Å². The topological polar surface area (TPSA) is 54.0 Å². The van der Waals surface area contributed by atoms with E-state index in [-0.39, 0.29) is 18.2 Å². The summed E-state index contributed by atoms with van der Waals surface area (Å²) >= 11 is 0. The molecular formula is C17H31N3O3. The summed E-state index contributed by atoms with van der Waals surface area (Å²) in [5.74, 6) is 0.783. The number of amides is 1. The molecule has 0 aliphatic carbocycles. The Balaban J connectivity index is 1.60. The third kappa shape index (κ3) is 4.37. The number of nitrogens with one attached hydrogen (secondary N) is 1. The molecule has 2 unspecified atom stereocenters. The molecule has 6 heteroatoms. The summed E-state index contributed by atoms with van der Waals surface area (Å²) in [6.07, 6.45) is 2.34. The number of fused-ring (bicyclic) bond motifs is 2. The van der Waals surface area contributed by atoms with Gasteiger partial charge in [-0.2, -0.15) is 0 Å². The minimum absolute atomic E-state index is 0.124. The van der Waals surface area contributed by atoms with Crippen LogP contribution in [0.4, 0.5) is 4.79 Å². The predicted octanol–water partition coefficient (Wildman–Crippen LogP) is 1.31. The Bertz CT molecular complexity index is 404. The van der Waals surface area contributed by atoms with Gasteiger partial charge in [-0.3, -0.25) is 9.80 Å². The van der Waals surface area contributed by atoms with E-state index in [4.69, 9.17) is 9.47 Å². The Morgan fingerprint density at radius 2 is 1.78 bits per heavy atom. The van der Waals surface area contributed by atoms with Crippen LogP contribution in [-0.4, -0.2) is 79.5 Å². The highest BCUT2D eigenvalue weighted by Gasteiger charge is 2.42. The van der Waals surface area contributed by atoms with Gasteiger partial charge in [0, 0.05) is 19.6 Å². The number of hydrogen-bond acceptors (Lipinski definition) is 5. The van der Waals surface area contributed by atoms with Crippen molar-refractivity contribution in [1.82, 2.24) is 15.1 Å². The molecule has 0 aromatic rings. The molecule has 0 saturated carbocycles. The Labute approximate surface area is 139 Å². The quantitative estimate of drug-likeness (QED) is 0.829. The van der Waals surface area contributed by atoms with Crippen LogP contribution < -0.4 is 5.32 Å². The summed E-state index contributed by atoms with van der Waals surface area (Å²) in [6.45, 7) is 12.2. The highest BCUT2D eigenvalue weighted by Crippen LogP contribution is 2.25. The zero-order valence-electron chi connectivity index (χ0n) is 14.7. The molecule has 3 fully saturated rings. The number of rotatable bonds is 2. The number of morpholine rings is 1. The van der Waals surface area contributed by atoms with Crippen LogP contribution in [0.15, 0.2) is 0 Å². The molecule has 3 heterocycles. The molecule has 0 spiro atoms. The van der Waals surface area contributed by atoms with Crippen LogP contribution in [-0.2, 0) is 9.47 Å². The number of hydrogen-bond donors (Lipinski definition) is 1. The molecule has 2 atom stereocenters. The number of piperazine rings is 1. The number of nitrogens with zero attached hydrogens (tertiary/aromatic N) is 2. The fourth-order valence-electron chi connectivity index (χ4n) is 3.94. The summed E-state index contributed by atoms with van der Waals surface area (Å²) in [7, 11) is 0. The van der Waals surface area contributed by atoms with Gasteiger partial charge in [0.05, 0.1) is 25.3 Å². The Morgan fingerprint density at radius 3 is 2.35 bits per heavy atom. The van der Waals surface area contributed by atoms with Gasteiger partial charge in [0.1, 0.15) is 5.60 Å². The van der Waals surface area contributed by atoms with Gasteiger partial charge >= 0.3 is 6.09 Å². The number of piperidine rings is 1. The number of carbonyl (C=O) groups excluding carboxylic acids is 1. The first-order valence-electron chi connectivity index (χ1n) is 8.94. The van der Waals surface area contributed by atoms with Crippen LogP contribution in [0.3, 0.4) is 0 Å². The molecule has 2 bridgehead atoms. The molecule has 1 amide bonds. The van der Waals surface area contributed by atoms with Gasteiger partial charge in [-0.1, -0.05) is 0 Å². The first-order valence-corrected chi connectivity index (χ1v) is 8.94. The second-order valence-corrected chi connectivity index (χ2v) is 8.14.